The van der Waals surface area contributed by atoms with Crippen LogP contribution in [0, 0.1) is 13.8 Å². The van der Waals surface area contributed by atoms with Crippen molar-refractivity contribution in [3.05, 3.63) is 28.8 Å². The highest BCUT2D eigenvalue weighted by molar-refractivity contribution is 5.80. The van der Waals surface area contributed by atoms with Crippen molar-refractivity contribution in [1.29, 1.82) is 0 Å². The maximum absolute atomic E-state index is 12.5. The molecular formula is C16H24N2O2. The summed E-state index contributed by atoms with van der Waals surface area (Å²) in [6, 6.07) is 4.11. The molecule has 0 bridgehead atoms. The average Bonchev–Trinajstić information content (AvgIpc) is 2.70. The Morgan fingerprint density at radius 3 is 2.85 bits per heavy atom. The number of benzene rings is 1. The van der Waals surface area contributed by atoms with Crippen molar-refractivity contribution in [1.82, 2.24) is 10.2 Å². The van der Waals surface area contributed by atoms with E-state index in [0.29, 0.717) is 6.42 Å². The van der Waals surface area contributed by atoms with E-state index in [1.165, 1.54) is 0 Å². The van der Waals surface area contributed by atoms with Crippen molar-refractivity contribution >= 4 is 5.91 Å². The van der Waals surface area contributed by atoms with Gasteiger partial charge in [0.05, 0.1) is 13.5 Å². The van der Waals surface area contributed by atoms with E-state index in [1.54, 1.807) is 7.11 Å². The van der Waals surface area contributed by atoms with Gasteiger partial charge in [0.25, 0.3) is 0 Å². The van der Waals surface area contributed by atoms with Crippen LogP contribution < -0.4 is 10.1 Å². The molecule has 1 saturated heterocycles. The third-order valence-corrected chi connectivity index (χ3v) is 3.82. The molecule has 1 N–H and O–H groups in total. The van der Waals surface area contributed by atoms with E-state index in [1.807, 2.05) is 24.8 Å². The molecule has 0 atom stereocenters. The molecule has 2 rings (SSSR count). The van der Waals surface area contributed by atoms with E-state index in [9.17, 15) is 4.79 Å². The Bertz CT molecular complexity index is 478. The van der Waals surface area contributed by atoms with Crippen molar-refractivity contribution in [2.75, 3.05) is 33.3 Å². The van der Waals surface area contributed by atoms with Gasteiger partial charge >= 0.3 is 0 Å². The van der Waals surface area contributed by atoms with Crippen molar-refractivity contribution in [3.8, 4) is 5.75 Å². The van der Waals surface area contributed by atoms with Gasteiger partial charge in [-0.3, -0.25) is 4.79 Å². The number of hydrogen-bond acceptors (Lipinski definition) is 3. The zero-order valence-electron chi connectivity index (χ0n) is 12.7. The molecule has 110 valence electrons. The second-order valence-corrected chi connectivity index (χ2v) is 5.42. The fraction of sp³-hybridized carbons (Fsp3) is 0.562. The van der Waals surface area contributed by atoms with E-state index in [2.05, 4.69) is 11.4 Å². The van der Waals surface area contributed by atoms with Crippen LogP contribution in [0.15, 0.2) is 12.1 Å². The van der Waals surface area contributed by atoms with Gasteiger partial charge in [0.1, 0.15) is 5.75 Å². The third kappa shape index (κ3) is 3.51. The number of nitrogens with one attached hydrogen (secondary N) is 1. The normalized spacial score (nSPS) is 15.8. The highest BCUT2D eigenvalue weighted by Crippen LogP contribution is 2.25. The van der Waals surface area contributed by atoms with E-state index >= 15 is 0 Å². The molecular weight excluding hydrogens is 252 g/mol. The van der Waals surface area contributed by atoms with Gasteiger partial charge in [0.2, 0.25) is 5.91 Å². The first-order chi connectivity index (χ1) is 9.61. The zero-order valence-corrected chi connectivity index (χ0v) is 12.7. The first-order valence-corrected chi connectivity index (χ1v) is 7.24. The topological polar surface area (TPSA) is 41.6 Å². The number of carbonyl (C=O) groups excluding carboxylic acids is 1. The van der Waals surface area contributed by atoms with Crippen molar-refractivity contribution in [2.45, 2.75) is 26.7 Å². The smallest absolute Gasteiger partial charge is 0.227 e. The molecule has 20 heavy (non-hydrogen) atoms. The van der Waals surface area contributed by atoms with Crippen LogP contribution in [-0.4, -0.2) is 44.1 Å². The Morgan fingerprint density at radius 2 is 2.10 bits per heavy atom. The lowest BCUT2D eigenvalue weighted by Gasteiger charge is -2.21. The summed E-state index contributed by atoms with van der Waals surface area (Å²) in [6.07, 6.45) is 1.45. The van der Waals surface area contributed by atoms with Crippen LogP contribution >= 0.6 is 0 Å². The average molecular weight is 276 g/mol. The number of hydrogen-bond donors (Lipinski definition) is 1. The Balaban J connectivity index is 2.14. The molecule has 0 radical (unpaired) electrons. The van der Waals surface area contributed by atoms with E-state index in [4.69, 9.17) is 4.74 Å². The number of amides is 1. The lowest BCUT2D eigenvalue weighted by molar-refractivity contribution is -0.130. The summed E-state index contributed by atoms with van der Waals surface area (Å²) in [5, 5.41) is 3.32. The van der Waals surface area contributed by atoms with Gasteiger partial charge in [-0.15, -0.1) is 0 Å². The number of nitrogens with zero attached hydrogens (tertiary/aromatic N) is 1. The maximum atomic E-state index is 12.5. The Labute approximate surface area is 121 Å². The Hall–Kier alpha value is -1.55. The van der Waals surface area contributed by atoms with Crippen LogP contribution in [0.1, 0.15) is 23.1 Å². The highest BCUT2D eigenvalue weighted by atomic mass is 16.5. The molecule has 4 nitrogen and oxygen atoms in total. The van der Waals surface area contributed by atoms with Gasteiger partial charge < -0.3 is 15.0 Å². The number of rotatable bonds is 3. The molecule has 1 aliphatic heterocycles. The van der Waals surface area contributed by atoms with Crippen LogP contribution in [0.4, 0.5) is 0 Å². The second kappa shape index (κ2) is 6.75. The van der Waals surface area contributed by atoms with Crippen LogP contribution in [-0.2, 0) is 11.2 Å². The summed E-state index contributed by atoms with van der Waals surface area (Å²) in [5.74, 6) is 1.02. The lowest BCUT2D eigenvalue weighted by Crippen LogP contribution is -2.35. The Morgan fingerprint density at radius 1 is 1.30 bits per heavy atom. The predicted octanol–water partition coefficient (Wildman–Crippen LogP) is 1.68. The molecule has 1 aliphatic rings. The fourth-order valence-electron chi connectivity index (χ4n) is 2.73. The van der Waals surface area contributed by atoms with E-state index < -0.39 is 0 Å². The molecule has 1 amide bonds. The number of carbonyl (C=O) groups is 1. The van der Waals surface area contributed by atoms with Crippen LogP contribution in [0.25, 0.3) is 0 Å². The highest BCUT2D eigenvalue weighted by Gasteiger charge is 2.18. The van der Waals surface area contributed by atoms with Crippen LogP contribution in [0.2, 0.25) is 0 Å². The molecule has 4 heteroatoms. The minimum absolute atomic E-state index is 0.193. The minimum Gasteiger partial charge on any atom is -0.496 e. The largest absolute Gasteiger partial charge is 0.496 e. The number of methoxy groups -OCH3 is 1. The van der Waals surface area contributed by atoms with Gasteiger partial charge in [-0.1, -0.05) is 6.07 Å². The van der Waals surface area contributed by atoms with Crippen molar-refractivity contribution < 1.29 is 9.53 Å². The van der Waals surface area contributed by atoms with Gasteiger partial charge in [-0.2, -0.15) is 0 Å². The van der Waals surface area contributed by atoms with Gasteiger partial charge in [0.15, 0.2) is 0 Å². The summed E-state index contributed by atoms with van der Waals surface area (Å²) in [7, 11) is 1.66. The molecule has 0 aromatic heterocycles. The maximum Gasteiger partial charge on any atom is 0.227 e. The SMILES string of the molecule is COc1cc(C)cc(C)c1CC(=O)N1CCCNCC1. The first-order valence-electron chi connectivity index (χ1n) is 7.24. The van der Waals surface area contributed by atoms with Crippen LogP contribution in [0.5, 0.6) is 5.75 Å². The number of ether oxygens (including phenoxy) is 1. The second-order valence-electron chi connectivity index (χ2n) is 5.42. The predicted molar refractivity (Wildman–Crippen MR) is 80.2 cm³/mol. The third-order valence-electron chi connectivity index (χ3n) is 3.82. The molecule has 0 aliphatic carbocycles. The summed E-state index contributed by atoms with van der Waals surface area (Å²) in [6.45, 7) is 7.61. The molecule has 1 fully saturated rings. The molecule has 0 saturated carbocycles. The van der Waals surface area contributed by atoms with Crippen LogP contribution in [0.3, 0.4) is 0 Å². The zero-order chi connectivity index (χ0) is 14.5. The summed E-state index contributed by atoms with van der Waals surface area (Å²) >= 11 is 0. The van der Waals surface area contributed by atoms with E-state index in [0.717, 1.165) is 55.0 Å². The summed E-state index contributed by atoms with van der Waals surface area (Å²) < 4.78 is 5.44. The molecule has 0 unspecified atom stereocenters. The standard InChI is InChI=1S/C16H24N2O2/c1-12-9-13(2)14(15(10-12)20-3)11-16(19)18-7-4-5-17-6-8-18/h9-10,17H,4-8,11H2,1-3H3. The van der Waals surface area contributed by atoms with E-state index in [-0.39, 0.29) is 5.91 Å². The van der Waals surface area contributed by atoms with Crippen molar-refractivity contribution in [2.24, 2.45) is 0 Å². The molecule has 0 spiro atoms. The molecule has 1 aromatic carbocycles. The molecule has 1 heterocycles. The van der Waals surface area contributed by atoms with Crippen molar-refractivity contribution in [3.63, 3.8) is 0 Å². The summed E-state index contributed by atoms with van der Waals surface area (Å²) in [5.41, 5.74) is 3.30. The number of aryl methyl sites for hydroxylation is 2. The molecule has 1 aromatic rings. The fourth-order valence-corrected chi connectivity index (χ4v) is 2.73. The quantitative estimate of drug-likeness (QED) is 0.913. The minimum atomic E-state index is 0.193. The monoisotopic (exact) mass is 276 g/mol. The first kappa shape index (κ1) is 14.9. The van der Waals surface area contributed by atoms with Gasteiger partial charge in [-0.05, 0) is 44.0 Å². The Kier molecular flexibility index (Phi) is 5.01. The summed E-state index contributed by atoms with van der Waals surface area (Å²) in [4.78, 5) is 14.4. The van der Waals surface area contributed by atoms with Gasteiger partial charge in [0, 0.05) is 25.2 Å². The lowest BCUT2D eigenvalue weighted by atomic mass is 10.0. The van der Waals surface area contributed by atoms with Gasteiger partial charge in [-0.25, -0.2) is 0 Å².